The molecule has 0 spiro atoms. The van der Waals surface area contributed by atoms with E-state index in [0.717, 1.165) is 17.0 Å². The number of fused-ring (bicyclic) bond motifs is 1. The Labute approximate surface area is 179 Å². The molecule has 2 aliphatic rings. The number of imide groups is 2. The SMILES string of the molecule is CCOc1cc(/C=C2\C(=O)NC(=O)N(c3ccc4c(c3)OCO4)C2=O)cc([N+](=O)[O-])c1O. The van der Waals surface area contributed by atoms with Gasteiger partial charge in [0.1, 0.15) is 5.57 Å². The maximum Gasteiger partial charge on any atom is 0.335 e. The second-order valence-corrected chi connectivity index (χ2v) is 6.57. The quantitative estimate of drug-likeness (QED) is 0.307. The maximum absolute atomic E-state index is 13.0. The van der Waals surface area contributed by atoms with Crippen LogP contribution in [0, 0.1) is 10.1 Å². The van der Waals surface area contributed by atoms with E-state index in [1.807, 2.05) is 0 Å². The number of hydrogen-bond acceptors (Lipinski definition) is 9. The van der Waals surface area contributed by atoms with E-state index in [0.29, 0.717) is 11.5 Å². The standard InChI is InChI=1S/C20H15N3O9/c1-2-30-16-7-10(6-13(17(16)24)23(28)29)5-12-18(25)21-20(27)22(19(12)26)11-3-4-14-15(8-11)32-9-31-14/h3-8,24H,2,9H2,1H3,(H,21,25,27)/b12-5+. The van der Waals surface area contributed by atoms with E-state index in [2.05, 4.69) is 5.32 Å². The van der Waals surface area contributed by atoms with Crippen LogP contribution in [0.25, 0.3) is 6.08 Å². The molecule has 0 unspecified atom stereocenters. The molecule has 0 bridgehead atoms. The topological polar surface area (TPSA) is 158 Å². The minimum Gasteiger partial charge on any atom is -0.500 e. The highest BCUT2D eigenvalue weighted by molar-refractivity contribution is 6.39. The number of aromatic hydroxyl groups is 1. The van der Waals surface area contributed by atoms with Crippen molar-refractivity contribution in [1.82, 2.24) is 5.32 Å². The van der Waals surface area contributed by atoms with Crippen LogP contribution < -0.4 is 24.4 Å². The predicted octanol–water partition coefficient (Wildman–Crippen LogP) is 2.09. The molecular weight excluding hydrogens is 426 g/mol. The average molecular weight is 441 g/mol. The van der Waals surface area contributed by atoms with Crippen LogP contribution in [0.3, 0.4) is 0 Å². The first-order valence-electron chi connectivity index (χ1n) is 9.25. The summed E-state index contributed by atoms with van der Waals surface area (Å²) in [6.45, 7) is 1.71. The van der Waals surface area contributed by atoms with Crippen molar-refractivity contribution in [2.45, 2.75) is 6.92 Å². The minimum absolute atomic E-state index is 0.00956. The number of ether oxygens (including phenoxy) is 3. The summed E-state index contributed by atoms with van der Waals surface area (Å²) in [5.41, 5.74) is -0.960. The molecule has 12 nitrogen and oxygen atoms in total. The van der Waals surface area contributed by atoms with Crippen molar-refractivity contribution in [2.75, 3.05) is 18.3 Å². The Hall–Kier alpha value is -4.61. The molecule has 2 N–H and O–H groups in total. The third kappa shape index (κ3) is 3.53. The number of benzene rings is 2. The molecule has 2 aromatic carbocycles. The Kier molecular flexibility index (Phi) is 5.10. The normalized spacial score (nSPS) is 16.3. The molecule has 2 heterocycles. The van der Waals surface area contributed by atoms with Gasteiger partial charge < -0.3 is 19.3 Å². The van der Waals surface area contributed by atoms with Crippen molar-refractivity contribution in [3.8, 4) is 23.0 Å². The zero-order valence-electron chi connectivity index (χ0n) is 16.5. The van der Waals surface area contributed by atoms with Gasteiger partial charge in [-0.25, -0.2) is 9.69 Å². The molecule has 32 heavy (non-hydrogen) atoms. The van der Waals surface area contributed by atoms with Crippen molar-refractivity contribution in [1.29, 1.82) is 0 Å². The number of nitrogens with zero attached hydrogens (tertiary/aromatic N) is 2. The number of phenolic OH excluding ortho intramolecular Hbond substituents is 1. The maximum atomic E-state index is 13.0. The Morgan fingerprint density at radius 2 is 1.97 bits per heavy atom. The number of anilines is 1. The van der Waals surface area contributed by atoms with Crippen LogP contribution in [0.1, 0.15) is 12.5 Å². The summed E-state index contributed by atoms with van der Waals surface area (Å²) in [6.07, 6.45) is 1.07. The Morgan fingerprint density at radius 1 is 1.22 bits per heavy atom. The molecule has 1 fully saturated rings. The number of urea groups is 1. The van der Waals surface area contributed by atoms with Gasteiger partial charge >= 0.3 is 11.7 Å². The molecule has 0 aromatic heterocycles. The van der Waals surface area contributed by atoms with Crippen LogP contribution in [-0.2, 0) is 9.59 Å². The van der Waals surface area contributed by atoms with Gasteiger partial charge in [-0.2, -0.15) is 0 Å². The van der Waals surface area contributed by atoms with E-state index in [9.17, 15) is 29.6 Å². The lowest BCUT2D eigenvalue weighted by Crippen LogP contribution is -2.54. The molecule has 0 radical (unpaired) electrons. The summed E-state index contributed by atoms with van der Waals surface area (Å²) in [7, 11) is 0. The van der Waals surface area contributed by atoms with Gasteiger partial charge in [0.2, 0.25) is 12.5 Å². The fourth-order valence-corrected chi connectivity index (χ4v) is 3.18. The smallest absolute Gasteiger partial charge is 0.335 e. The molecule has 12 heteroatoms. The number of hydrogen-bond donors (Lipinski definition) is 2. The number of barbiturate groups is 1. The molecule has 2 aromatic rings. The number of amides is 4. The minimum atomic E-state index is -0.981. The summed E-state index contributed by atoms with van der Waals surface area (Å²) in [6, 6.07) is 5.61. The highest BCUT2D eigenvalue weighted by Crippen LogP contribution is 2.39. The van der Waals surface area contributed by atoms with Crippen LogP contribution in [-0.4, -0.2) is 41.3 Å². The number of carbonyl (C=O) groups is 3. The lowest BCUT2D eigenvalue weighted by Gasteiger charge is -2.26. The van der Waals surface area contributed by atoms with Crippen LogP contribution in [0.4, 0.5) is 16.2 Å². The summed E-state index contributed by atoms with van der Waals surface area (Å²) in [5.74, 6) is -2.06. The summed E-state index contributed by atoms with van der Waals surface area (Å²) < 4.78 is 15.7. The van der Waals surface area contributed by atoms with E-state index in [-0.39, 0.29) is 30.4 Å². The molecule has 2 aliphatic heterocycles. The summed E-state index contributed by atoms with van der Waals surface area (Å²) >= 11 is 0. The fourth-order valence-electron chi connectivity index (χ4n) is 3.18. The highest BCUT2D eigenvalue weighted by atomic mass is 16.7. The van der Waals surface area contributed by atoms with E-state index in [4.69, 9.17) is 14.2 Å². The molecule has 0 atom stereocenters. The molecule has 1 saturated heterocycles. The molecule has 4 rings (SSSR count). The van der Waals surface area contributed by atoms with Gasteiger partial charge in [0.25, 0.3) is 11.8 Å². The van der Waals surface area contributed by atoms with Gasteiger partial charge in [0.15, 0.2) is 17.2 Å². The number of nitro benzene ring substituents is 1. The summed E-state index contributed by atoms with van der Waals surface area (Å²) in [4.78, 5) is 49.0. The van der Waals surface area contributed by atoms with Gasteiger partial charge in [-0.1, -0.05) is 0 Å². The Bertz CT molecular complexity index is 1210. The Morgan fingerprint density at radius 3 is 2.69 bits per heavy atom. The van der Waals surface area contributed by atoms with Gasteiger partial charge in [-0.15, -0.1) is 0 Å². The van der Waals surface area contributed by atoms with E-state index in [1.165, 1.54) is 24.3 Å². The van der Waals surface area contributed by atoms with E-state index >= 15 is 0 Å². The zero-order valence-corrected chi connectivity index (χ0v) is 16.5. The number of carbonyl (C=O) groups excluding carboxylic acids is 3. The first-order valence-corrected chi connectivity index (χ1v) is 9.25. The second kappa shape index (κ2) is 7.91. The predicted molar refractivity (Wildman–Crippen MR) is 107 cm³/mol. The van der Waals surface area contributed by atoms with Crippen LogP contribution >= 0.6 is 0 Å². The number of phenols is 1. The lowest BCUT2D eigenvalue weighted by molar-refractivity contribution is -0.386. The third-order valence-corrected chi connectivity index (χ3v) is 4.60. The van der Waals surface area contributed by atoms with Crippen molar-refractivity contribution < 1.29 is 38.6 Å². The molecule has 4 amide bonds. The van der Waals surface area contributed by atoms with Crippen molar-refractivity contribution in [3.63, 3.8) is 0 Å². The number of rotatable bonds is 5. The van der Waals surface area contributed by atoms with Gasteiger partial charge in [-0.05, 0) is 36.8 Å². The number of nitro groups is 1. The average Bonchev–Trinajstić information content (AvgIpc) is 3.21. The molecule has 0 aliphatic carbocycles. The largest absolute Gasteiger partial charge is 0.500 e. The second-order valence-electron chi connectivity index (χ2n) is 6.57. The van der Waals surface area contributed by atoms with Gasteiger partial charge in [-0.3, -0.25) is 25.0 Å². The monoisotopic (exact) mass is 441 g/mol. The van der Waals surface area contributed by atoms with Crippen molar-refractivity contribution >= 4 is 35.3 Å². The first kappa shape index (κ1) is 20.7. The zero-order chi connectivity index (χ0) is 23.0. The highest BCUT2D eigenvalue weighted by Gasteiger charge is 2.37. The Balaban J connectivity index is 1.76. The lowest BCUT2D eigenvalue weighted by atomic mass is 10.1. The van der Waals surface area contributed by atoms with E-state index in [1.54, 1.807) is 6.92 Å². The van der Waals surface area contributed by atoms with Crippen LogP contribution in [0.5, 0.6) is 23.0 Å². The van der Waals surface area contributed by atoms with E-state index < -0.39 is 39.8 Å². The van der Waals surface area contributed by atoms with Gasteiger partial charge in [0.05, 0.1) is 17.2 Å². The molecular formula is C20H15N3O9. The third-order valence-electron chi connectivity index (χ3n) is 4.60. The summed E-state index contributed by atoms with van der Waals surface area (Å²) in [5, 5.41) is 23.3. The van der Waals surface area contributed by atoms with Gasteiger partial charge in [0, 0.05) is 12.1 Å². The fraction of sp³-hybridized carbons (Fsp3) is 0.150. The number of nitrogens with one attached hydrogen (secondary N) is 1. The van der Waals surface area contributed by atoms with Crippen LogP contribution in [0.15, 0.2) is 35.9 Å². The molecule has 164 valence electrons. The first-order chi connectivity index (χ1) is 15.3. The van der Waals surface area contributed by atoms with Crippen molar-refractivity contribution in [3.05, 3.63) is 51.6 Å². The van der Waals surface area contributed by atoms with Crippen molar-refractivity contribution in [2.24, 2.45) is 0 Å². The molecule has 0 saturated carbocycles. The van der Waals surface area contributed by atoms with Crippen LogP contribution in [0.2, 0.25) is 0 Å².